The number of fused-ring (bicyclic) bond motifs is 1. The van der Waals surface area contributed by atoms with Gasteiger partial charge in [-0.1, -0.05) is 6.92 Å². The molecule has 0 N–H and O–H groups in total. The van der Waals surface area contributed by atoms with Crippen molar-refractivity contribution in [3.8, 4) is 11.1 Å². The zero-order valence-corrected chi connectivity index (χ0v) is 15.1. The fourth-order valence-corrected chi connectivity index (χ4v) is 3.76. The van der Waals surface area contributed by atoms with Gasteiger partial charge in [0.25, 0.3) is 5.78 Å². The summed E-state index contributed by atoms with van der Waals surface area (Å²) >= 11 is 0. The van der Waals surface area contributed by atoms with Gasteiger partial charge in [-0.2, -0.15) is 14.6 Å². The molecule has 1 atom stereocenters. The van der Waals surface area contributed by atoms with Crippen LogP contribution in [0.4, 0.5) is 14.6 Å². The highest BCUT2D eigenvalue weighted by atomic mass is 19.1. The Hall–Kier alpha value is -2.57. The fourth-order valence-electron chi connectivity index (χ4n) is 3.76. The van der Waals surface area contributed by atoms with E-state index in [1.54, 1.807) is 18.4 Å². The first-order valence-electron chi connectivity index (χ1n) is 8.87. The topological polar surface area (TPSA) is 46.3 Å². The summed E-state index contributed by atoms with van der Waals surface area (Å²) < 4.78 is 30.7. The van der Waals surface area contributed by atoms with Crippen LogP contribution in [0, 0.1) is 31.4 Å². The van der Waals surface area contributed by atoms with Gasteiger partial charge in [0.2, 0.25) is 0 Å². The number of rotatable bonds is 2. The lowest BCUT2D eigenvalue weighted by Crippen LogP contribution is -2.36. The van der Waals surface area contributed by atoms with Gasteiger partial charge in [-0.3, -0.25) is 0 Å². The summed E-state index contributed by atoms with van der Waals surface area (Å²) in [5.41, 5.74) is 1.69. The van der Waals surface area contributed by atoms with Crippen LogP contribution in [0.25, 0.3) is 16.9 Å². The number of benzene rings is 1. The van der Waals surface area contributed by atoms with Crippen LogP contribution in [-0.4, -0.2) is 32.7 Å². The summed E-state index contributed by atoms with van der Waals surface area (Å²) in [4.78, 5) is 10.8. The molecule has 0 saturated carbocycles. The second-order valence-corrected chi connectivity index (χ2v) is 7.14. The van der Waals surface area contributed by atoms with Crippen molar-refractivity contribution in [2.45, 2.75) is 33.6 Å². The van der Waals surface area contributed by atoms with E-state index < -0.39 is 11.6 Å². The molecule has 2 aromatic heterocycles. The zero-order chi connectivity index (χ0) is 18.4. The summed E-state index contributed by atoms with van der Waals surface area (Å²) in [6, 6.07) is 2.49. The Bertz CT molecular complexity index is 982. The number of hydrogen-bond acceptors (Lipinski definition) is 4. The highest BCUT2D eigenvalue weighted by Crippen LogP contribution is 2.37. The average molecular weight is 357 g/mol. The van der Waals surface area contributed by atoms with E-state index in [0.29, 0.717) is 23.0 Å². The standard InChI is InChI=1S/C19H21F2N5/c1-11-5-4-6-25(9-11)18-17(13(3)24-19-22-10-23-26(18)19)14-8-15(20)12(2)7-16(14)21/h7-8,10-11H,4-6,9H2,1-3H3. The zero-order valence-electron chi connectivity index (χ0n) is 15.1. The fraction of sp³-hybridized carbons (Fsp3) is 0.421. The van der Waals surface area contributed by atoms with Crippen molar-refractivity contribution in [2.24, 2.45) is 5.92 Å². The molecule has 26 heavy (non-hydrogen) atoms. The summed E-state index contributed by atoms with van der Waals surface area (Å²) in [5, 5.41) is 4.30. The molecular weight excluding hydrogens is 336 g/mol. The third-order valence-electron chi connectivity index (χ3n) is 5.06. The van der Waals surface area contributed by atoms with Gasteiger partial charge < -0.3 is 4.90 Å². The van der Waals surface area contributed by atoms with Crippen molar-refractivity contribution in [1.82, 2.24) is 19.6 Å². The summed E-state index contributed by atoms with van der Waals surface area (Å²) in [6.07, 6.45) is 3.64. The van der Waals surface area contributed by atoms with E-state index in [4.69, 9.17) is 0 Å². The normalized spacial score (nSPS) is 17.9. The number of anilines is 1. The van der Waals surface area contributed by atoms with Crippen molar-refractivity contribution in [2.75, 3.05) is 18.0 Å². The predicted molar refractivity (Wildman–Crippen MR) is 96.2 cm³/mol. The van der Waals surface area contributed by atoms with E-state index in [1.807, 2.05) is 0 Å². The van der Waals surface area contributed by atoms with E-state index in [1.165, 1.54) is 18.5 Å². The van der Waals surface area contributed by atoms with Gasteiger partial charge in [0.15, 0.2) is 0 Å². The molecule has 1 aromatic carbocycles. The van der Waals surface area contributed by atoms with E-state index >= 15 is 0 Å². The molecule has 0 amide bonds. The van der Waals surface area contributed by atoms with Gasteiger partial charge in [0.05, 0.1) is 5.69 Å². The maximum Gasteiger partial charge on any atom is 0.254 e. The molecule has 3 aromatic rings. The maximum atomic E-state index is 14.8. The van der Waals surface area contributed by atoms with Gasteiger partial charge in [-0.05, 0) is 50.3 Å². The van der Waals surface area contributed by atoms with Crippen molar-refractivity contribution in [3.05, 3.63) is 41.4 Å². The molecule has 5 nitrogen and oxygen atoms in total. The number of hydrogen-bond donors (Lipinski definition) is 0. The van der Waals surface area contributed by atoms with Crippen molar-refractivity contribution in [3.63, 3.8) is 0 Å². The van der Waals surface area contributed by atoms with Crippen molar-refractivity contribution in [1.29, 1.82) is 0 Å². The van der Waals surface area contributed by atoms with E-state index in [2.05, 4.69) is 26.9 Å². The number of piperidine rings is 1. The molecule has 1 aliphatic heterocycles. The maximum absolute atomic E-state index is 14.8. The number of aromatic nitrogens is 4. The first kappa shape index (κ1) is 16.9. The summed E-state index contributed by atoms with van der Waals surface area (Å²) in [6.45, 7) is 7.23. The third-order valence-corrected chi connectivity index (χ3v) is 5.06. The molecule has 0 bridgehead atoms. The smallest absolute Gasteiger partial charge is 0.254 e. The highest BCUT2D eigenvalue weighted by Gasteiger charge is 2.26. The van der Waals surface area contributed by atoms with Gasteiger partial charge in [-0.15, -0.1) is 0 Å². The van der Waals surface area contributed by atoms with Crippen LogP contribution >= 0.6 is 0 Å². The summed E-state index contributed by atoms with van der Waals surface area (Å²) in [7, 11) is 0. The third kappa shape index (κ3) is 2.71. The first-order chi connectivity index (χ1) is 12.5. The van der Waals surface area contributed by atoms with Gasteiger partial charge >= 0.3 is 0 Å². The van der Waals surface area contributed by atoms with Crippen molar-refractivity contribution >= 4 is 11.6 Å². The van der Waals surface area contributed by atoms with Crippen LogP contribution < -0.4 is 4.90 Å². The van der Waals surface area contributed by atoms with Crippen molar-refractivity contribution < 1.29 is 8.78 Å². The SMILES string of the molecule is Cc1cc(F)c(-c2c(C)nc3ncnn3c2N2CCCC(C)C2)cc1F. The Labute approximate surface area is 150 Å². The molecular formula is C19H21F2N5. The van der Waals surface area contributed by atoms with E-state index in [9.17, 15) is 8.78 Å². The average Bonchev–Trinajstić information content (AvgIpc) is 3.05. The number of aryl methyl sites for hydroxylation is 2. The molecule has 1 fully saturated rings. The minimum Gasteiger partial charge on any atom is -0.356 e. The lowest BCUT2D eigenvalue weighted by Gasteiger charge is -2.34. The van der Waals surface area contributed by atoms with Crippen LogP contribution in [0.1, 0.15) is 31.0 Å². The molecule has 3 heterocycles. The first-order valence-corrected chi connectivity index (χ1v) is 8.87. The molecule has 7 heteroatoms. The van der Waals surface area contributed by atoms with Gasteiger partial charge in [0, 0.05) is 24.2 Å². The lowest BCUT2D eigenvalue weighted by atomic mass is 9.97. The van der Waals surface area contributed by atoms with Gasteiger partial charge in [0.1, 0.15) is 23.8 Å². The molecule has 1 unspecified atom stereocenters. The van der Waals surface area contributed by atoms with E-state index in [-0.39, 0.29) is 11.1 Å². The predicted octanol–water partition coefficient (Wildman–Crippen LogP) is 3.92. The Morgan fingerprint density at radius 1 is 1.15 bits per heavy atom. The largest absolute Gasteiger partial charge is 0.356 e. The van der Waals surface area contributed by atoms with Crippen LogP contribution in [0.3, 0.4) is 0 Å². The second-order valence-electron chi connectivity index (χ2n) is 7.14. The molecule has 1 aliphatic rings. The Kier molecular flexibility index (Phi) is 4.09. The molecule has 0 radical (unpaired) electrons. The molecule has 4 rings (SSSR count). The summed E-state index contributed by atoms with van der Waals surface area (Å²) in [5.74, 6) is 0.825. The van der Waals surface area contributed by atoms with Crippen LogP contribution in [-0.2, 0) is 0 Å². The van der Waals surface area contributed by atoms with E-state index in [0.717, 1.165) is 31.7 Å². The molecule has 0 spiro atoms. The highest BCUT2D eigenvalue weighted by molar-refractivity contribution is 5.80. The Morgan fingerprint density at radius 3 is 2.73 bits per heavy atom. The quantitative estimate of drug-likeness (QED) is 0.697. The van der Waals surface area contributed by atoms with Gasteiger partial charge in [-0.25, -0.2) is 13.8 Å². The number of nitrogens with zero attached hydrogens (tertiary/aromatic N) is 5. The lowest BCUT2D eigenvalue weighted by molar-refractivity contribution is 0.442. The molecule has 136 valence electrons. The Morgan fingerprint density at radius 2 is 1.96 bits per heavy atom. The monoisotopic (exact) mass is 357 g/mol. The van der Waals surface area contributed by atoms with Crippen LogP contribution in [0.2, 0.25) is 0 Å². The molecule has 0 aliphatic carbocycles. The minimum absolute atomic E-state index is 0.212. The molecule has 1 saturated heterocycles. The number of halogens is 2. The minimum atomic E-state index is -0.459. The second kappa shape index (κ2) is 6.30. The van der Waals surface area contributed by atoms with Crippen LogP contribution in [0.5, 0.6) is 0 Å². The Balaban J connectivity index is 2.01. The van der Waals surface area contributed by atoms with Crippen LogP contribution in [0.15, 0.2) is 18.5 Å².